The van der Waals surface area contributed by atoms with E-state index < -0.39 is 0 Å². The first-order valence-corrected chi connectivity index (χ1v) is 10.4. The topological polar surface area (TPSA) is 91.1 Å². The van der Waals surface area contributed by atoms with Crippen molar-refractivity contribution in [1.82, 2.24) is 26.1 Å². The Morgan fingerprint density at radius 1 is 1.11 bits per heavy atom. The average Bonchev–Trinajstić information content (AvgIpc) is 3.18. The molecule has 3 aliphatic heterocycles. The molecule has 28 heavy (non-hydrogen) atoms. The SMILES string of the molecule is N[C@H]1CCCN(c2ccc(C3NNC4CNC(c5cccnc5)CC43)cn2)C1. The Morgan fingerprint density at radius 2 is 2.07 bits per heavy atom. The molecule has 3 aliphatic rings. The van der Waals surface area contributed by atoms with Gasteiger partial charge in [-0.1, -0.05) is 12.1 Å². The quantitative estimate of drug-likeness (QED) is 0.638. The molecular formula is C21H29N7. The number of pyridine rings is 2. The average molecular weight is 380 g/mol. The summed E-state index contributed by atoms with van der Waals surface area (Å²) in [4.78, 5) is 11.4. The molecule has 4 unspecified atom stereocenters. The number of rotatable bonds is 3. The molecule has 5 rings (SSSR count). The predicted molar refractivity (Wildman–Crippen MR) is 110 cm³/mol. The van der Waals surface area contributed by atoms with Gasteiger partial charge in [0, 0.05) is 56.4 Å². The molecule has 0 amide bonds. The minimum Gasteiger partial charge on any atom is -0.355 e. The first-order chi connectivity index (χ1) is 13.8. The molecule has 0 aromatic carbocycles. The number of hydrogen-bond donors (Lipinski definition) is 4. The van der Waals surface area contributed by atoms with Gasteiger partial charge < -0.3 is 16.0 Å². The molecule has 2 aromatic rings. The van der Waals surface area contributed by atoms with Crippen molar-refractivity contribution in [3.8, 4) is 0 Å². The number of hydrogen-bond acceptors (Lipinski definition) is 7. The minimum absolute atomic E-state index is 0.260. The van der Waals surface area contributed by atoms with Gasteiger partial charge in [-0.25, -0.2) is 10.4 Å². The van der Waals surface area contributed by atoms with E-state index in [9.17, 15) is 0 Å². The monoisotopic (exact) mass is 379 g/mol. The maximum Gasteiger partial charge on any atom is 0.128 e. The van der Waals surface area contributed by atoms with Gasteiger partial charge in [-0.15, -0.1) is 0 Å². The molecule has 5 N–H and O–H groups in total. The molecule has 0 aliphatic carbocycles. The molecule has 7 nitrogen and oxygen atoms in total. The molecule has 3 saturated heterocycles. The van der Waals surface area contributed by atoms with Crippen molar-refractivity contribution in [2.75, 3.05) is 24.5 Å². The summed E-state index contributed by atoms with van der Waals surface area (Å²) in [5, 5.41) is 3.66. The fourth-order valence-corrected chi connectivity index (χ4v) is 4.92. The molecule has 7 heteroatoms. The largest absolute Gasteiger partial charge is 0.355 e. The van der Waals surface area contributed by atoms with E-state index in [0.717, 1.165) is 44.7 Å². The molecular weight excluding hydrogens is 350 g/mol. The van der Waals surface area contributed by atoms with Crippen LogP contribution in [0.4, 0.5) is 5.82 Å². The van der Waals surface area contributed by atoms with Crippen LogP contribution in [0.25, 0.3) is 0 Å². The van der Waals surface area contributed by atoms with Crippen molar-refractivity contribution in [2.24, 2.45) is 11.7 Å². The number of nitrogens with zero attached hydrogens (tertiary/aromatic N) is 3. The highest BCUT2D eigenvalue weighted by Gasteiger charge is 2.41. The van der Waals surface area contributed by atoms with Crippen LogP contribution < -0.4 is 26.8 Å². The van der Waals surface area contributed by atoms with Crippen LogP contribution in [-0.4, -0.2) is 41.7 Å². The lowest BCUT2D eigenvalue weighted by atomic mass is 9.81. The van der Waals surface area contributed by atoms with Gasteiger partial charge >= 0.3 is 0 Å². The van der Waals surface area contributed by atoms with E-state index in [0.29, 0.717) is 18.0 Å². The fraction of sp³-hybridized carbons (Fsp3) is 0.524. The number of piperidine rings is 2. The van der Waals surface area contributed by atoms with Crippen LogP contribution in [0, 0.1) is 5.92 Å². The van der Waals surface area contributed by atoms with E-state index in [4.69, 9.17) is 10.7 Å². The highest BCUT2D eigenvalue weighted by Crippen LogP contribution is 2.38. The minimum atomic E-state index is 0.260. The van der Waals surface area contributed by atoms with Gasteiger partial charge in [0.15, 0.2) is 0 Å². The van der Waals surface area contributed by atoms with Crippen molar-refractivity contribution >= 4 is 5.82 Å². The van der Waals surface area contributed by atoms with Gasteiger partial charge in [0.05, 0.1) is 6.04 Å². The van der Waals surface area contributed by atoms with Crippen molar-refractivity contribution in [3.05, 3.63) is 54.0 Å². The van der Waals surface area contributed by atoms with E-state index in [1.165, 1.54) is 11.1 Å². The maximum absolute atomic E-state index is 6.13. The van der Waals surface area contributed by atoms with Gasteiger partial charge in [-0.3, -0.25) is 10.4 Å². The van der Waals surface area contributed by atoms with Crippen LogP contribution in [0.2, 0.25) is 0 Å². The predicted octanol–water partition coefficient (Wildman–Crippen LogP) is 1.27. The summed E-state index contributed by atoms with van der Waals surface area (Å²) in [7, 11) is 0. The summed E-state index contributed by atoms with van der Waals surface area (Å²) in [5.41, 5.74) is 15.6. The highest BCUT2D eigenvalue weighted by molar-refractivity contribution is 5.41. The molecule has 0 radical (unpaired) electrons. The van der Waals surface area contributed by atoms with Crippen LogP contribution in [0.1, 0.15) is 42.5 Å². The Bertz CT molecular complexity index is 781. The van der Waals surface area contributed by atoms with E-state index in [2.05, 4.69) is 44.3 Å². The second-order valence-corrected chi connectivity index (χ2v) is 8.32. The molecule has 0 bridgehead atoms. The number of hydrazine groups is 1. The second kappa shape index (κ2) is 7.75. The summed E-state index contributed by atoms with van der Waals surface area (Å²) in [6.45, 7) is 2.90. The summed E-state index contributed by atoms with van der Waals surface area (Å²) in [6, 6.07) is 9.87. The van der Waals surface area contributed by atoms with Crippen LogP contribution in [-0.2, 0) is 0 Å². The van der Waals surface area contributed by atoms with Crippen molar-refractivity contribution in [1.29, 1.82) is 0 Å². The summed E-state index contributed by atoms with van der Waals surface area (Å²) in [6.07, 6.45) is 9.18. The van der Waals surface area contributed by atoms with Crippen molar-refractivity contribution < 1.29 is 0 Å². The first-order valence-electron chi connectivity index (χ1n) is 10.4. The van der Waals surface area contributed by atoms with Crippen LogP contribution in [0.3, 0.4) is 0 Å². The Labute approximate surface area is 166 Å². The number of nitrogens with one attached hydrogen (secondary N) is 3. The first kappa shape index (κ1) is 18.0. The summed E-state index contributed by atoms with van der Waals surface area (Å²) < 4.78 is 0. The Balaban J connectivity index is 1.30. The Hall–Kier alpha value is -2.06. The number of nitrogens with two attached hydrogens (primary N) is 1. The highest BCUT2D eigenvalue weighted by atomic mass is 15.4. The zero-order valence-corrected chi connectivity index (χ0v) is 16.1. The molecule has 3 fully saturated rings. The second-order valence-electron chi connectivity index (χ2n) is 8.32. The Morgan fingerprint density at radius 3 is 2.86 bits per heavy atom. The lowest BCUT2D eigenvalue weighted by Crippen LogP contribution is -2.46. The van der Waals surface area contributed by atoms with Crippen molar-refractivity contribution in [3.63, 3.8) is 0 Å². The van der Waals surface area contributed by atoms with Gasteiger partial charge in [0.25, 0.3) is 0 Å². The standard InChI is InChI=1S/C21H29N7/c22-16-4-2-8-28(13-16)20-6-5-15(11-25-20)21-17-9-18(14-3-1-7-23-10-14)24-12-19(17)26-27-21/h1,3,5-7,10-11,16-19,21,24,26-27H,2,4,8-9,12-13,22H2/t16-,17?,18?,19?,21?/m0/s1. The molecule has 2 aromatic heterocycles. The van der Waals surface area contributed by atoms with E-state index in [-0.39, 0.29) is 12.1 Å². The fourth-order valence-electron chi connectivity index (χ4n) is 4.92. The zero-order chi connectivity index (χ0) is 18.9. The van der Waals surface area contributed by atoms with Gasteiger partial charge in [-0.2, -0.15) is 0 Å². The number of anilines is 1. The molecule has 0 saturated carbocycles. The lowest BCUT2D eigenvalue weighted by molar-refractivity contribution is 0.266. The van der Waals surface area contributed by atoms with Crippen molar-refractivity contribution in [2.45, 2.75) is 43.4 Å². The molecule has 5 heterocycles. The van der Waals surface area contributed by atoms with E-state index in [1.807, 2.05) is 24.7 Å². The van der Waals surface area contributed by atoms with E-state index in [1.54, 1.807) is 0 Å². The number of fused-ring (bicyclic) bond motifs is 1. The van der Waals surface area contributed by atoms with Crippen LogP contribution in [0.15, 0.2) is 42.9 Å². The third-order valence-electron chi connectivity index (χ3n) is 6.46. The normalized spacial score (nSPS) is 32.9. The van der Waals surface area contributed by atoms with Gasteiger partial charge in [0.1, 0.15) is 5.82 Å². The van der Waals surface area contributed by atoms with E-state index >= 15 is 0 Å². The van der Waals surface area contributed by atoms with Gasteiger partial charge in [0.2, 0.25) is 0 Å². The van der Waals surface area contributed by atoms with Crippen LogP contribution >= 0.6 is 0 Å². The summed E-state index contributed by atoms with van der Waals surface area (Å²) in [5.74, 6) is 1.56. The lowest BCUT2D eigenvalue weighted by Gasteiger charge is -2.34. The van der Waals surface area contributed by atoms with Crippen LogP contribution in [0.5, 0.6) is 0 Å². The molecule has 5 atom stereocenters. The maximum atomic E-state index is 6.13. The zero-order valence-electron chi connectivity index (χ0n) is 16.1. The third kappa shape index (κ3) is 3.51. The summed E-state index contributed by atoms with van der Waals surface area (Å²) >= 11 is 0. The number of aromatic nitrogens is 2. The molecule has 0 spiro atoms. The smallest absolute Gasteiger partial charge is 0.128 e. The third-order valence-corrected chi connectivity index (χ3v) is 6.46. The van der Waals surface area contributed by atoms with Gasteiger partial charge in [-0.05, 0) is 48.4 Å². The molecule has 148 valence electrons. The Kier molecular flexibility index (Phi) is 4.98.